The molecular formula is C17H10F4N4OS. The predicted octanol–water partition coefficient (Wildman–Crippen LogP) is 4.64. The number of hydrogen-bond donors (Lipinski definition) is 0. The van der Waals surface area contributed by atoms with Crippen LogP contribution in [0.3, 0.4) is 0 Å². The smallest absolute Gasteiger partial charge is 0.388 e. The summed E-state index contributed by atoms with van der Waals surface area (Å²) in [6, 6.07) is 5.13. The van der Waals surface area contributed by atoms with Crippen LogP contribution in [-0.4, -0.2) is 26.4 Å². The van der Waals surface area contributed by atoms with Gasteiger partial charge in [0.25, 0.3) is 0 Å². The third-order valence-electron chi connectivity index (χ3n) is 3.96. The van der Waals surface area contributed by atoms with Crippen molar-refractivity contribution in [1.29, 1.82) is 0 Å². The van der Waals surface area contributed by atoms with Crippen LogP contribution in [0, 0.1) is 11.6 Å². The van der Waals surface area contributed by atoms with Crippen molar-refractivity contribution in [2.45, 2.75) is 6.61 Å². The molecule has 0 fully saturated rings. The number of benzene rings is 1. The first-order valence-corrected chi connectivity index (χ1v) is 8.50. The van der Waals surface area contributed by atoms with Crippen LogP contribution in [0.5, 0.6) is 5.88 Å². The van der Waals surface area contributed by atoms with E-state index in [-0.39, 0.29) is 28.7 Å². The van der Waals surface area contributed by atoms with Gasteiger partial charge in [-0.15, -0.1) is 21.5 Å². The van der Waals surface area contributed by atoms with Gasteiger partial charge in [0.2, 0.25) is 5.88 Å². The maximum absolute atomic E-state index is 14.1. The second-order valence-electron chi connectivity index (χ2n) is 5.52. The van der Waals surface area contributed by atoms with Crippen molar-refractivity contribution >= 4 is 21.4 Å². The van der Waals surface area contributed by atoms with Crippen molar-refractivity contribution in [3.05, 3.63) is 47.5 Å². The van der Waals surface area contributed by atoms with Crippen LogP contribution in [0.15, 0.2) is 35.8 Å². The Labute approximate surface area is 153 Å². The van der Waals surface area contributed by atoms with Gasteiger partial charge >= 0.3 is 6.61 Å². The Morgan fingerprint density at radius 3 is 2.37 bits per heavy atom. The molecule has 10 heteroatoms. The molecule has 5 nitrogen and oxygen atoms in total. The number of hydrogen-bond acceptors (Lipinski definition) is 5. The number of aromatic nitrogens is 4. The van der Waals surface area contributed by atoms with Gasteiger partial charge in [-0.1, -0.05) is 6.07 Å². The molecule has 4 aromatic rings. The van der Waals surface area contributed by atoms with E-state index < -0.39 is 18.2 Å². The van der Waals surface area contributed by atoms with Gasteiger partial charge in [0.05, 0.1) is 15.8 Å². The molecule has 3 aromatic heterocycles. The molecule has 27 heavy (non-hydrogen) atoms. The Bertz CT molecular complexity index is 1120. The Balaban J connectivity index is 1.96. The maximum Gasteiger partial charge on any atom is 0.388 e. The summed E-state index contributed by atoms with van der Waals surface area (Å²) < 4.78 is 60.4. The zero-order chi connectivity index (χ0) is 19.1. The van der Waals surface area contributed by atoms with Crippen LogP contribution < -0.4 is 4.74 Å². The average molecular weight is 394 g/mol. The maximum atomic E-state index is 14.1. The fraction of sp³-hybridized carbons (Fsp3) is 0.118. The quantitative estimate of drug-likeness (QED) is 0.473. The van der Waals surface area contributed by atoms with E-state index in [0.29, 0.717) is 10.1 Å². The number of nitrogens with zero attached hydrogens (tertiary/aromatic N) is 4. The fourth-order valence-corrected chi connectivity index (χ4v) is 3.55. The summed E-state index contributed by atoms with van der Waals surface area (Å²) in [5.41, 5.74) is -0.187. The standard InChI is InChI=1S/C17H10F4N4OS/c1-25-14(23-24-15(25)13-9(18)3-2-4-10(13)19)12-8-5-6-27-11(8)7-22-16(12)26-17(20)21/h2-7,17H,1H3. The Morgan fingerprint density at radius 1 is 1.04 bits per heavy atom. The van der Waals surface area contributed by atoms with Crippen molar-refractivity contribution in [2.75, 3.05) is 0 Å². The van der Waals surface area contributed by atoms with Gasteiger partial charge in [0.15, 0.2) is 11.6 Å². The molecule has 138 valence electrons. The average Bonchev–Trinajstić information content (AvgIpc) is 3.22. The summed E-state index contributed by atoms with van der Waals surface area (Å²) in [7, 11) is 1.48. The van der Waals surface area contributed by atoms with Crippen molar-refractivity contribution in [3.63, 3.8) is 0 Å². The monoisotopic (exact) mass is 394 g/mol. The second-order valence-corrected chi connectivity index (χ2v) is 6.47. The molecule has 0 unspecified atom stereocenters. The molecule has 0 saturated carbocycles. The van der Waals surface area contributed by atoms with E-state index in [2.05, 4.69) is 19.9 Å². The van der Waals surface area contributed by atoms with Crippen LogP contribution in [0.4, 0.5) is 17.6 Å². The van der Waals surface area contributed by atoms with Gasteiger partial charge in [-0.25, -0.2) is 13.8 Å². The van der Waals surface area contributed by atoms with Crippen molar-refractivity contribution in [1.82, 2.24) is 19.7 Å². The van der Waals surface area contributed by atoms with Crippen LogP contribution in [-0.2, 0) is 7.05 Å². The summed E-state index contributed by atoms with van der Waals surface area (Å²) in [6.07, 6.45) is 1.41. The Kier molecular flexibility index (Phi) is 4.27. The molecule has 1 aromatic carbocycles. The van der Waals surface area contributed by atoms with Gasteiger partial charge in [0.1, 0.15) is 11.6 Å². The molecule has 0 bridgehead atoms. The van der Waals surface area contributed by atoms with E-state index in [1.165, 1.54) is 35.2 Å². The van der Waals surface area contributed by atoms with Gasteiger partial charge in [-0.3, -0.25) is 0 Å². The van der Waals surface area contributed by atoms with Crippen LogP contribution in [0.2, 0.25) is 0 Å². The lowest BCUT2D eigenvalue weighted by Crippen LogP contribution is -2.07. The van der Waals surface area contributed by atoms with E-state index >= 15 is 0 Å². The third kappa shape index (κ3) is 2.91. The molecule has 0 aliphatic rings. The van der Waals surface area contributed by atoms with Crippen LogP contribution in [0.1, 0.15) is 0 Å². The molecular weight excluding hydrogens is 384 g/mol. The molecule has 0 aliphatic carbocycles. The number of halogens is 4. The summed E-state index contributed by atoms with van der Waals surface area (Å²) in [4.78, 5) is 3.93. The first-order valence-electron chi connectivity index (χ1n) is 7.62. The summed E-state index contributed by atoms with van der Waals surface area (Å²) in [5, 5.41) is 10.2. The zero-order valence-corrected chi connectivity index (χ0v) is 14.5. The predicted molar refractivity (Wildman–Crippen MR) is 91.6 cm³/mol. The molecule has 0 aliphatic heterocycles. The molecule has 0 N–H and O–H groups in total. The summed E-state index contributed by atoms with van der Waals surface area (Å²) in [6.45, 7) is -3.09. The zero-order valence-electron chi connectivity index (χ0n) is 13.7. The Hall–Kier alpha value is -3.01. The van der Waals surface area contributed by atoms with E-state index in [0.717, 1.165) is 12.1 Å². The van der Waals surface area contributed by atoms with E-state index in [1.54, 1.807) is 11.4 Å². The second kappa shape index (κ2) is 6.62. The minimum absolute atomic E-state index is 0.0872. The number of ether oxygens (including phenoxy) is 1. The van der Waals surface area contributed by atoms with Crippen LogP contribution in [0.25, 0.3) is 32.9 Å². The lowest BCUT2D eigenvalue weighted by molar-refractivity contribution is -0.0523. The molecule has 0 spiro atoms. The first kappa shape index (κ1) is 17.4. The van der Waals surface area contributed by atoms with Gasteiger partial charge in [0, 0.05) is 18.6 Å². The largest absolute Gasteiger partial charge is 0.416 e. The minimum atomic E-state index is -3.09. The molecule has 0 radical (unpaired) electrons. The number of thiophene rings is 1. The van der Waals surface area contributed by atoms with Crippen molar-refractivity contribution < 1.29 is 22.3 Å². The molecule has 4 rings (SSSR count). The highest BCUT2D eigenvalue weighted by atomic mass is 32.1. The van der Waals surface area contributed by atoms with E-state index in [4.69, 9.17) is 0 Å². The highest BCUT2D eigenvalue weighted by Gasteiger charge is 2.24. The molecule has 0 amide bonds. The molecule has 3 heterocycles. The fourth-order valence-electron chi connectivity index (χ4n) is 2.79. The lowest BCUT2D eigenvalue weighted by atomic mass is 10.1. The number of rotatable bonds is 4. The number of alkyl halides is 2. The molecule has 0 saturated heterocycles. The number of pyridine rings is 1. The lowest BCUT2D eigenvalue weighted by Gasteiger charge is -2.11. The summed E-state index contributed by atoms with van der Waals surface area (Å²) in [5.74, 6) is -1.96. The van der Waals surface area contributed by atoms with Gasteiger partial charge in [-0.05, 0) is 23.6 Å². The Morgan fingerprint density at radius 2 is 1.70 bits per heavy atom. The van der Waals surface area contributed by atoms with Gasteiger partial charge < -0.3 is 9.30 Å². The van der Waals surface area contributed by atoms with Gasteiger partial charge in [-0.2, -0.15) is 8.78 Å². The van der Waals surface area contributed by atoms with E-state index in [1.807, 2.05) is 0 Å². The highest BCUT2D eigenvalue weighted by molar-refractivity contribution is 7.17. The SMILES string of the molecule is Cn1c(-c2c(F)cccc2F)nnc1-c1c(OC(F)F)ncc2sccc12. The minimum Gasteiger partial charge on any atom is -0.416 e. The normalized spacial score (nSPS) is 11.5. The highest BCUT2D eigenvalue weighted by Crippen LogP contribution is 2.38. The van der Waals surface area contributed by atoms with Crippen molar-refractivity contribution in [2.24, 2.45) is 7.05 Å². The summed E-state index contributed by atoms with van der Waals surface area (Å²) >= 11 is 1.35. The van der Waals surface area contributed by atoms with Crippen molar-refractivity contribution in [3.8, 4) is 28.7 Å². The first-order chi connectivity index (χ1) is 13.0. The van der Waals surface area contributed by atoms with Crippen LogP contribution >= 0.6 is 11.3 Å². The third-order valence-corrected chi connectivity index (χ3v) is 4.81. The molecule has 0 atom stereocenters. The van der Waals surface area contributed by atoms with E-state index in [9.17, 15) is 17.6 Å². The topological polar surface area (TPSA) is 52.8 Å². The number of fused-ring (bicyclic) bond motifs is 1.